The highest BCUT2D eigenvalue weighted by atomic mass is 16.5. The van der Waals surface area contributed by atoms with Crippen LogP contribution < -0.4 is 5.32 Å². The summed E-state index contributed by atoms with van der Waals surface area (Å²) in [6, 6.07) is 13.6. The first-order valence-corrected chi connectivity index (χ1v) is 11.0. The first kappa shape index (κ1) is 21.7. The first-order valence-electron chi connectivity index (χ1n) is 11.0. The van der Waals surface area contributed by atoms with E-state index in [9.17, 15) is 19.2 Å². The summed E-state index contributed by atoms with van der Waals surface area (Å²) in [6.45, 7) is 2.18. The number of carbonyl (C=O) groups is 4. The van der Waals surface area contributed by atoms with Gasteiger partial charge in [0, 0.05) is 12.5 Å². The number of rotatable bonds is 6. The number of nitrogens with one attached hydrogen (secondary N) is 1. The van der Waals surface area contributed by atoms with E-state index in [-0.39, 0.29) is 42.7 Å². The molecule has 2 unspecified atom stereocenters. The molecule has 2 atom stereocenters. The van der Waals surface area contributed by atoms with Crippen LogP contribution in [0.2, 0.25) is 0 Å². The average Bonchev–Trinajstić information content (AvgIpc) is 3.05. The molecule has 1 N–H and O–H groups in total. The molecule has 1 fully saturated rings. The van der Waals surface area contributed by atoms with Crippen molar-refractivity contribution in [3.8, 4) is 0 Å². The van der Waals surface area contributed by atoms with Crippen LogP contribution in [-0.4, -0.2) is 41.7 Å². The molecule has 32 heavy (non-hydrogen) atoms. The highest BCUT2D eigenvalue weighted by Crippen LogP contribution is 2.34. The number of para-hydroxylation sites is 1. The number of hydrogen-bond acceptors (Lipinski definition) is 5. The van der Waals surface area contributed by atoms with Crippen LogP contribution in [0.25, 0.3) is 0 Å². The van der Waals surface area contributed by atoms with Crippen molar-refractivity contribution < 1.29 is 23.9 Å². The molecule has 3 amide bonds. The van der Waals surface area contributed by atoms with Crippen LogP contribution in [-0.2, 0) is 9.53 Å². The Morgan fingerprint density at radius 3 is 2.28 bits per heavy atom. The molecule has 2 aromatic carbocycles. The number of benzene rings is 2. The zero-order valence-electron chi connectivity index (χ0n) is 18.0. The summed E-state index contributed by atoms with van der Waals surface area (Å²) < 4.78 is 5.09. The van der Waals surface area contributed by atoms with Crippen LogP contribution in [0.5, 0.6) is 0 Å². The van der Waals surface area contributed by atoms with Gasteiger partial charge in [-0.25, -0.2) is 4.79 Å². The highest BCUT2D eigenvalue weighted by Gasteiger charge is 2.40. The monoisotopic (exact) mass is 434 g/mol. The van der Waals surface area contributed by atoms with E-state index in [4.69, 9.17) is 4.74 Å². The smallest absolute Gasteiger partial charge is 0.340 e. The standard InChI is InChI=1S/C25H26N2O5/c1-2-32-25(31)20-13-7-8-14-21(20)26-22(28)17-10-4-3-9-16(17)15-27-23(29)18-11-5-6-12-19(18)24(27)30/h5-8,11-14,16-17H,2-4,9-10,15H2,1H3,(H,26,28). The van der Waals surface area contributed by atoms with E-state index in [0.717, 1.165) is 19.3 Å². The van der Waals surface area contributed by atoms with Crippen molar-refractivity contribution in [3.63, 3.8) is 0 Å². The predicted octanol–water partition coefficient (Wildman–Crippen LogP) is 3.90. The summed E-state index contributed by atoms with van der Waals surface area (Å²) in [7, 11) is 0. The molecule has 2 aromatic rings. The Labute approximate surface area is 186 Å². The van der Waals surface area contributed by atoms with Crippen molar-refractivity contribution in [2.24, 2.45) is 11.8 Å². The second kappa shape index (κ2) is 9.34. The predicted molar refractivity (Wildman–Crippen MR) is 118 cm³/mol. The maximum Gasteiger partial charge on any atom is 0.340 e. The largest absolute Gasteiger partial charge is 0.462 e. The maximum atomic E-state index is 13.2. The molecule has 1 heterocycles. The van der Waals surface area contributed by atoms with E-state index < -0.39 is 5.97 Å². The number of nitrogens with zero attached hydrogens (tertiary/aromatic N) is 1. The summed E-state index contributed by atoms with van der Waals surface area (Å²) in [6.07, 6.45) is 3.26. The molecule has 1 aliphatic carbocycles. The van der Waals surface area contributed by atoms with Crippen molar-refractivity contribution in [1.29, 1.82) is 0 Å². The molecule has 0 spiro atoms. The minimum absolute atomic E-state index is 0.138. The van der Waals surface area contributed by atoms with Gasteiger partial charge in [-0.3, -0.25) is 19.3 Å². The van der Waals surface area contributed by atoms with E-state index in [2.05, 4.69) is 5.32 Å². The topological polar surface area (TPSA) is 92.8 Å². The Morgan fingerprint density at radius 2 is 1.59 bits per heavy atom. The lowest BCUT2D eigenvalue weighted by atomic mass is 9.78. The molecule has 0 aromatic heterocycles. The molecule has 0 saturated heterocycles. The van der Waals surface area contributed by atoms with E-state index in [1.165, 1.54) is 4.90 Å². The van der Waals surface area contributed by atoms with Gasteiger partial charge in [0.25, 0.3) is 11.8 Å². The molecule has 1 aliphatic heterocycles. The quantitative estimate of drug-likeness (QED) is 0.550. The van der Waals surface area contributed by atoms with E-state index in [1.807, 2.05) is 0 Å². The Hall–Kier alpha value is -3.48. The van der Waals surface area contributed by atoms with Crippen LogP contribution >= 0.6 is 0 Å². The fourth-order valence-electron chi connectivity index (χ4n) is 4.62. The lowest BCUT2D eigenvalue weighted by molar-refractivity contribution is -0.122. The summed E-state index contributed by atoms with van der Waals surface area (Å²) in [5.74, 6) is -1.80. The molecule has 1 saturated carbocycles. The lowest BCUT2D eigenvalue weighted by Gasteiger charge is -2.33. The number of esters is 1. The van der Waals surface area contributed by atoms with Crippen LogP contribution in [0.1, 0.15) is 63.7 Å². The third-order valence-electron chi connectivity index (χ3n) is 6.22. The first-order chi connectivity index (χ1) is 15.5. The molecule has 166 valence electrons. The summed E-state index contributed by atoms with van der Waals surface area (Å²) in [5, 5.41) is 2.89. The second-order valence-electron chi connectivity index (χ2n) is 8.17. The molecule has 4 rings (SSSR count). The molecule has 7 nitrogen and oxygen atoms in total. The number of anilines is 1. The van der Waals surface area contributed by atoms with Gasteiger partial charge in [0.2, 0.25) is 5.91 Å². The lowest BCUT2D eigenvalue weighted by Crippen LogP contribution is -2.41. The number of hydrogen-bond donors (Lipinski definition) is 1. The van der Waals surface area contributed by atoms with E-state index in [0.29, 0.717) is 28.8 Å². The summed E-state index contributed by atoms with van der Waals surface area (Å²) >= 11 is 0. The number of carbonyl (C=O) groups excluding carboxylic acids is 4. The zero-order chi connectivity index (χ0) is 22.7. The maximum absolute atomic E-state index is 13.2. The van der Waals surface area contributed by atoms with Crippen LogP contribution in [0.3, 0.4) is 0 Å². The minimum atomic E-state index is -0.491. The Balaban J connectivity index is 1.50. The minimum Gasteiger partial charge on any atom is -0.462 e. The van der Waals surface area contributed by atoms with Crippen molar-refractivity contribution in [1.82, 2.24) is 4.90 Å². The van der Waals surface area contributed by atoms with Crippen molar-refractivity contribution in [2.75, 3.05) is 18.5 Å². The van der Waals surface area contributed by atoms with Gasteiger partial charge in [-0.05, 0) is 49.9 Å². The second-order valence-corrected chi connectivity index (χ2v) is 8.17. The molecular formula is C25H26N2O5. The van der Waals surface area contributed by atoms with Gasteiger partial charge in [0.05, 0.1) is 29.0 Å². The molecule has 2 aliphatic rings. The van der Waals surface area contributed by atoms with Crippen molar-refractivity contribution >= 4 is 29.4 Å². The normalized spacial score (nSPS) is 20.1. The fraction of sp³-hybridized carbons (Fsp3) is 0.360. The van der Waals surface area contributed by atoms with E-state index >= 15 is 0 Å². The molecule has 0 radical (unpaired) electrons. The average molecular weight is 434 g/mol. The van der Waals surface area contributed by atoms with Gasteiger partial charge in [0.15, 0.2) is 0 Å². The Morgan fingerprint density at radius 1 is 0.969 bits per heavy atom. The van der Waals surface area contributed by atoms with Gasteiger partial charge in [-0.15, -0.1) is 0 Å². The zero-order valence-corrected chi connectivity index (χ0v) is 18.0. The van der Waals surface area contributed by atoms with Gasteiger partial charge < -0.3 is 10.1 Å². The SMILES string of the molecule is CCOC(=O)c1ccccc1NC(=O)C1CCCCC1CN1C(=O)c2ccccc2C1=O. The number of amides is 3. The van der Waals surface area contributed by atoms with Gasteiger partial charge in [-0.2, -0.15) is 0 Å². The van der Waals surface area contributed by atoms with Crippen LogP contribution in [0, 0.1) is 11.8 Å². The molecule has 0 bridgehead atoms. The Kier molecular flexibility index (Phi) is 6.35. The number of ether oxygens (including phenoxy) is 1. The van der Waals surface area contributed by atoms with Crippen LogP contribution in [0.15, 0.2) is 48.5 Å². The van der Waals surface area contributed by atoms with Crippen molar-refractivity contribution in [2.45, 2.75) is 32.6 Å². The molecular weight excluding hydrogens is 408 g/mol. The summed E-state index contributed by atoms with van der Waals surface area (Å²) in [4.78, 5) is 52.3. The third kappa shape index (κ3) is 4.15. The molecule has 7 heteroatoms. The van der Waals surface area contributed by atoms with Gasteiger partial charge >= 0.3 is 5.97 Å². The van der Waals surface area contributed by atoms with Gasteiger partial charge in [0.1, 0.15) is 0 Å². The van der Waals surface area contributed by atoms with Gasteiger partial charge in [-0.1, -0.05) is 37.1 Å². The van der Waals surface area contributed by atoms with Crippen molar-refractivity contribution in [3.05, 3.63) is 65.2 Å². The highest BCUT2D eigenvalue weighted by molar-refractivity contribution is 6.21. The Bertz CT molecular complexity index is 1030. The fourth-order valence-corrected chi connectivity index (χ4v) is 4.62. The number of imide groups is 1. The van der Waals surface area contributed by atoms with Crippen LogP contribution in [0.4, 0.5) is 5.69 Å². The summed E-state index contributed by atoms with van der Waals surface area (Å²) in [5.41, 5.74) is 1.53. The third-order valence-corrected chi connectivity index (χ3v) is 6.22. The van der Waals surface area contributed by atoms with E-state index in [1.54, 1.807) is 55.5 Å². The number of fused-ring (bicyclic) bond motifs is 1.